The van der Waals surface area contributed by atoms with Crippen LogP contribution in [0, 0.1) is 27.7 Å². The maximum Gasteiger partial charge on any atom is 0.332 e. The molecule has 0 bridgehead atoms. The van der Waals surface area contributed by atoms with E-state index in [-0.39, 0.29) is 11.2 Å². The Morgan fingerprint density at radius 1 is 1.00 bits per heavy atom. The van der Waals surface area contributed by atoms with Crippen LogP contribution in [0.15, 0.2) is 27.8 Å². The number of hydrogen-bond donors (Lipinski definition) is 0. The minimum absolute atomic E-state index is 0.296. The van der Waals surface area contributed by atoms with Crippen LogP contribution >= 0.6 is 0 Å². The summed E-state index contributed by atoms with van der Waals surface area (Å²) in [5.74, 6) is 0.645. The van der Waals surface area contributed by atoms with Crippen molar-refractivity contribution in [2.75, 3.05) is 32.8 Å². The molecule has 0 spiro atoms. The second kappa shape index (κ2) is 8.00. The Bertz CT molecular complexity index is 1500. The van der Waals surface area contributed by atoms with E-state index in [0.29, 0.717) is 43.2 Å². The molecule has 0 saturated carbocycles. The first kappa shape index (κ1) is 21.7. The van der Waals surface area contributed by atoms with Gasteiger partial charge in [-0.25, -0.2) is 4.79 Å². The van der Waals surface area contributed by atoms with E-state index in [1.807, 2.05) is 24.3 Å². The molecule has 1 saturated heterocycles. The second-order valence-electron chi connectivity index (χ2n) is 8.90. The van der Waals surface area contributed by atoms with E-state index in [0.717, 1.165) is 35.7 Å². The van der Waals surface area contributed by atoms with Crippen molar-refractivity contribution >= 4 is 16.9 Å². The molecule has 3 aromatic heterocycles. The summed E-state index contributed by atoms with van der Waals surface area (Å²) in [5, 5.41) is 0. The lowest BCUT2D eigenvalue weighted by molar-refractivity contribution is 0.0361. The van der Waals surface area contributed by atoms with E-state index >= 15 is 0 Å². The van der Waals surface area contributed by atoms with E-state index in [4.69, 9.17) is 9.72 Å². The molecular weight excluding hydrogens is 420 g/mol. The predicted molar refractivity (Wildman–Crippen MR) is 128 cm³/mol. The standard InChI is InChI=1S/C24H30N6O3/c1-15-7-6-8-19(16(15)2)29-17(3)18(4)30-20-21(25-23(29)30)26(5)24(32)28(22(20)31)10-9-27-11-13-33-14-12-27/h6-8H,9-14H2,1-5H3. The summed E-state index contributed by atoms with van der Waals surface area (Å²) < 4.78 is 12.2. The molecular formula is C24H30N6O3. The van der Waals surface area contributed by atoms with Gasteiger partial charge in [0.1, 0.15) is 0 Å². The molecule has 9 nitrogen and oxygen atoms in total. The molecule has 174 valence electrons. The number of rotatable bonds is 4. The van der Waals surface area contributed by atoms with Crippen molar-refractivity contribution in [1.82, 2.24) is 28.0 Å². The number of fused-ring (bicyclic) bond motifs is 3. The summed E-state index contributed by atoms with van der Waals surface area (Å²) >= 11 is 0. The Kier molecular flexibility index (Phi) is 5.25. The smallest absolute Gasteiger partial charge is 0.332 e. The van der Waals surface area contributed by atoms with Gasteiger partial charge in [-0.05, 0) is 44.9 Å². The summed E-state index contributed by atoms with van der Waals surface area (Å²) in [7, 11) is 1.69. The third-order valence-corrected chi connectivity index (χ3v) is 7.08. The Labute approximate surface area is 191 Å². The van der Waals surface area contributed by atoms with Crippen molar-refractivity contribution in [3.05, 3.63) is 61.6 Å². The van der Waals surface area contributed by atoms with Gasteiger partial charge in [0.15, 0.2) is 11.2 Å². The van der Waals surface area contributed by atoms with Gasteiger partial charge in [0.2, 0.25) is 5.78 Å². The van der Waals surface area contributed by atoms with Crippen molar-refractivity contribution in [1.29, 1.82) is 0 Å². The molecule has 1 aliphatic heterocycles. The van der Waals surface area contributed by atoms with Crippen LogP contribution < -0.4 is 11.2 Å². The van der Waals surface area contributed by atoms with Crippen LogP contribution in [-0.4, -0.2) is 60.8 Å². The van der Waals surface area contributed by atoms with E-state index < -0.39 is 0 Å². The number of imidazole rings is 2. The molecule has 33 heavy (non-hydrogen) atoms. The lowest BCUT2D eigenvalue weighted by Crippen LogP contribution is -2.44. The average molecular weight is 451 g/mol. The van der Waals surface area contributed by atoms with Crippen molar-refractivity contribution in [3.8, 4) is 5.69 Å². The lowest BCUT2D eigenvalue weighted by atomic mass is 10.1. The summed E-state index contributed by atoms with van der Waals surface area (Å²) in [6.45, 7) is 12.2. The van der Waals surface area contributed by atoms with E-state index in [9.17, 15) is 9.59 Å². The van der Waals surface area contributed by atoms with Gasteiger partial charge in [-0.15, -0.1) is 0 Å². The van der Waals surface area contributed by atoms with Gasteiger partial charge in [0, 0.05) is 44.6 Å². The number of ether oxygens (including phenoxy) is 1. The van der Waals surface area contributed by atoms with Crippen LogP contribution in [0.25, 0.3) is 22.6 Å². The summed E-state index contributed by atoms with van der Waals surface area (Å²) in [6, 6.07) is 6.17. The highest BCUT2D eigenvalue weighted by Crippen LogP contribution is 2.27. The Morgan fingerprint density at radius 3 is 2.45 bits per heavy atom. The molecule has 0 unspecified atom stereocenters. The monoisotopic (exact) mass is 450 g/mol. The number of hydrogen-bond acceptors (Lipinski definition) is 5. The van der Waals surface area contributed by atoms with E-state index in [1.165, 1.54) is 14.7 Å². The molecule has 0 atom stereocenters. The average Bonchev–Trinajstić information content (AvgIpc) is 3.31. The van der Waals surface area contributed by atoms with Crippen LogP contribution in [0.1, 0.15) is 22.5 Å². The lowest BCUT2D eigenvalue weighted by Gasteiger charge is -2.26. The number of morpholine rings is 1. The third kappa shape index (κ3) is 3.26. The van der Waals surface area contributed by atoms with Gasteiger partial charge in [0.25, 0.3) is 5.56 Å². The van der Waals surface area contributed by atoms with Crippen molar-refractivity contribution in [2.24, 2.45) is 7.05 Å². The van der Waals surface area contributed by atoms with Crippen LogP contribution in [-0.2, 0) is 18.3 Å². The molecule has 1 aliphatic rings. The van der Waals surface area contributed by atoms with Gasteiger partial charge in [-0.3, -0.25) is 27.8 Å². The zero-order valence-electron chi connectivity index (χ0n) is 19.9. The minimum Gasteiger partial charge on any atom is -0.379 e. The number of aromatic nitrogens is 5. The maximum absolute atomic E-state index is 13.6. The highest BCUT2D eigenvalue weighted by atomic mass is 16.5. The molecule has 1 aromatic carbocycles. The van der Waals surface area contributed by atoms with Gasteiger partial charge in [-0.2, -0.15) is 4.98 Å². The number of aryl methyl sites for hydroxylation is 3. The maximum atomic E-state index is 13.6. The Morgan fingerprint density at radius 2 is 1.73 bits per heavy atom. The van der Waals surface area contributed by atoms with Crippen LogP contribution in [0.4, 0.5) is 0 Å². The first-order chi connectivity index (χ1) is 15.8. The van der Waals surface area contributed by atoms with Gasteiger partial charge < -0.3 is 4.74 Å². The minimum atomic E-state index is -0.339. The zero-order valence-corrected chi connectivity index (χ0v) is 19.9. The fourth-order valence-electron chi connectivity index (χ4n) is 4.78. The molecule has 0 amide bonds. The largest absolute Gasteiger partial charge is 0.379 e. The summed E-state index contributed by atoms with van der Waals surface area (Å²) in [6.07, 6.45) is 0. The molecule has 5 rings (SSSR count). The van der Waals surface area contributed by atoms with Crippen molar-refractivity contribution in [2.45, 2.75) is 34.2 Å². The highest BCUT2D eigenvalue weighted by Gasteiger charge is 2.24. The quantitative estimate of drug-likeness (QED) is 0.473. The summed E-state index contributed by atoms with van der Waals surface area (Å²) in [4.78, 5) is 33.7. The van der Waals surface area contributed by atoms with Crippen LogP contribution in [0.5, 0.6) is 0 Å². The van der Waals surface area contributed by atoms with E-state index in [1.54, 1.807) is 7.05 Å². The second-order valence-corrected chi connectivity index (χ2v) is 8.90. The van der Waals surface area contributed by atoms with Gasteiger partial charge in [-0.1, -0.05) is 12.1 Å². The Balaban J connectivity index is 1.73. The molecule has 9 heteroatoms. The SMILES string of the molecule is Cc1cccc(-n2c(C)c(C)n3c4c(=O)n(CCN5CCOCC5)c(=O)n(C)c4nc23)c1C. The van der Waals surface area contributed by atoms with Crippen molar-refractivity contribution < 1.29 is 4.74 Å². The topological polar surface area (TPSA) is 78.7 Å². The zero-order chi connectivity index (χ0) is 23.4. The summed E-state index contributed by atoms with van der Waals surface area (Å²) in [5.41, 5.74) is 5.53. The van der Waals surface area contributed by atoms with Crippen molar-refractivity contribution in [3.63, 3.8) is 0 Å². The third-order valence-electron chi connectivity index (χ3n) is 7.08. The molecule has 1 fully saturated rings. The molecule has 4 heterocycles. The first-order valence-electron chi connectivity index (χ1n) is 11.4. The normalized spacial score (nSPS) is 15.2. The van der Waals surface area contributed by atoms with Gasteiger partial charge >= 0.3 is 5.69 Å². The Hall–Kier alpha value is -3.17. The predicted octanol–water partition coefficient (Wildman–Crippen LogP) is 1.70. The van der Waals surface area contributed by atoms with E-state index in [2.05, 4.69) is 35.4 Å². The van der Waals surface area contributed by atoms with Crippen LogP contribution in [0.3, 0.4) is 0 Å². The molecule has 0 radical (unpaired) electrons. The number of nitrogens with zero attached hydrogens (tertiary/aromatic N) is 6. The highest BCUT2D eigenvalue weighted by molar-refractivity contribution is 5.77. The molecule has 0 N–H and O–H groups in total. The fourth-order valence-corrected chi connectivity index (χ4v) is 4.78. The first-order valence-corrected chi connectivity index (χ1v) is 11.4. The molecule has 0 aliphatic carbocycles. The molecule has 4 aromatic rings. The van der Waals surface area contributed by atoms with Gasteiger partial charge in [0.05, 0.1) is 18.9 Å². The number of benzene rings is 1. The fraction of sp³-hybridized carbons (Fsp3) is 0.458. The van der Waals surface area contributed by atoms with Crippen LogP contribution in [0.2, 0.25) is 0 Å².